The van der Waals surface area contributed by atoms with E-state index in [4.69, 9.17) is 21.2 Å². The van der Waals surface area contributed by atoms with E-state index in [1.165, 1.54) is 5.56 Å². The number of hydrogen-bond acceptors (Lipinski definition) is 5. The standard InChI is InChI=1S/C24H31ClN2O3/c1-17(2)29-16-22(28)14-27(13-19-5-4-6-21(25)11-19)15-23-12-24(26-30-23)20-9-7-18(3)8-10-20/h4-11,17,22-23,28H,12-16H2,1-3H3/t22-,23+/m0/s1. The van der Waals surface area contributed by atoms with Gasteiger partial charge >= 0.3 is 0 Å². The highest BCUT2D eigenvalue weighted by atomic mass is 35.5. The van der Waals surface area contributed by atoms with Gasteiger partial charge in [-0.05, 0) is 44.0 Å². The minimum Gasteiger partial charge on any atom is -0.390 e. The maximum absolute atomic E-state index is 10.5. The van der Waals surface area contributed by atoms with Gasteiger partial charge in [-0.15, -0.1) is 0 Å². The van der Waals surface area contributed by atoms with Crippen molar-refractivity contribution in [3.8, 4) is 0 Å². The van der Waals surface area contributed by atoms with Gasteiger partial charge in [-0.3, -0.25) is 4.90 Å². The van der Waals surface area contributed by atoms with Crippen molar-refractivity contribution < 1.29 is 14.7 Å². The van der Waals surface area contributed by atoms with Crippen LogP contribution in [0.3, 0.4) is 0 Å². The van der Waals surface area contributed by atoms with Crippen LogP contribution in [0.5, 0.6) is 0 Å². The number of ether oxygens (including phenoxy) is 1. The Morgan fingerprint density at radius 2 is 2.00 bits per heavy atom. The van der Waals surface area contributed by atoms with Gasteiger partial charge in [-0.2, -0.15) is 0 Å². The van der Waals surface area contributed by atoms with Gasteiger partial charge < -0.3 is 14.7 Å². The highest BCUT2D eigenvalue weighted by Crippen LogP contribution is 2.20. The number of rotatable bonds is 10. The van der Waals surface area contributed by atoms with Crippen LogP contribution in [0.4, 0.5) is 0 Å². The van der Waals surface area contributed by atoms with E-state index in [-0.39, 0.29) is 12.2 Å². The first-order valence-electron chi connectivity index (χ1n) is 10.4. The van der Waals surface area contributed by atoms with Crippen molar-refractivity contribution in [3.63, 3.8) is 0 Å². The Hall–Kier alpha value is -1.92. The summed E-state index contributed by atoms with van der Waals surface area (Å²) >= 11 is 6.16. The van der Waals surface area contributed by atoms with Crippen LogP contribution in [0.1, 0.15) is 37.0 Å². The van der Waals surface area contributed by atoms with E-state index in [0.29, 0.717) is 31.3 Å². The molecule has 0 amide bonds. The summed E-state index contributed by atoms with van der Waals surface area (Å²) in [6.07, 6.45) is 0.196. The minimum atomic E-state index is -0.578. The number of aryl methyl sites for hydroxylation is 1. The van der Waals surface area contributed by atoms with Gasteiger partial charge in [-0.1, -0.05) is 58.7 Å². The van der Waals surface area contributed by atoms with Crippen LogP contribution in [0.15, 0.2) is 53.7 Å². The number of halogens is 1. The van der Waals surface area contributed by atoms with Crippen molar-refractivity contribution in [2.24, 2.45) is 5.16 Å². The van der Waals surface area contributed by atoms with E-state index in [1.54, 1.807) is 0 Å². The molecule has 2 aromatic rings. The quantitative estimate of drug-likeness (QED) is 0.605. The molecule has 2 atom stereocenters. The van der Waals surface area contributed by atoms with E-state index < -0.39 is 6.10 Å². The Balaban J connectivity index is 1.62. The smallest absolute Gasteiger partial charge is 0.145 e. The third-order valence-electron chi connectivity index (χ3n) is 4.97. The Morgan fingerprint density at radius 1 is 1.23 bits per heavy atom. The third-order valence-corrected chi connectivity index (χ3v) is 5.20. The maximum atomic E-state index is 10.5. The lowest BCUT2D eigenvalue weighted by Crippen LogP contribution is -2.39. The molecular weight excluding hydrogens is 400 g/mol. The zero-order chi connectivity index (χ0) is 21.5. The largest absolute Gasteiger partial charge is 0.390 e. The first kappa shape index (κ1) is 22.8. The normalized spacial score (nSPS) is 17.3. The van der Waals surface area contributed by atoms with E-state index in [9.17, 15) is 5.11 Å². The molecule has 0 saturated heterocycles. The number of oxime groups is 1. The average Bonchev–Trinajstić information content (AvgIpc) is 3.15. The number of aliphatic hydroxyl groups is 1. The van der Waals surface area contributed by atoms with Crippen LogP contribution < -0.4 is 0 Å². The van der Waals surface area contributed by atoms with Gasteiger partial charge in [0.2, 0.25) is 0 Å². The topological polar surface area (TPSA) is 54.3 Å². The number of nitrogens with zero attached hydrogens (tertiary/aromatic N) is 2. The molecule has 0 aromatic heterocycles. The summed E-state index contributed by atoms with van der Waals surface area (Å²) in [6, 6.07) is 16.1. The molecule has 0 aliphatic carbocycles. The first-order chi connectivity index (χ1) is 14.4. The molecule has 0 radical (unpaired) electrons. The van der Waals surface area contributed by atoms with Gasteiger partial charge in [0, 0.05) is 31.1 Å². The van der Waals surface area contributed by atoms with E-state index in [0.717, 1.165) is 23.3 Å². The zero-order valence-corrected chi connectivity index (χ0v) is 18.7. The van der Waals surface area contributed by atoms with Crippen LogP contribution in [-0.2, 0) is 16.1 Å². The highest BCUT2D eigenvalue weighted by Gasteiger charge is 2.26. The minimum absolute atomic E-state index is 0.0568. The third kappa shape index (κ3) is 7.10. The van der Waals surface area contributed by atoms with Gasteiger partial charge in [0.05, 0.1) is 24.5 Å². The Labute approximate surface area is 184 Å². The predicted molar refractivity (Wildman–Crippen MR) is 121 cm³/mol. The average molecular weight is 431 g/mol. The second-order valence-corrected chi connectivity index (χ2v) is 8.63. The van der Waals surface area contributed by atoms with Crippen molar-refractivity contribution in [3.05, 3.63) is 70.2 Å². The van der Waals surface area contributed by atoms with Gasteiger partial charge in [0.1, 0.15) is 6.10 Å². The molecule has 0 saturated carbocycles. The molecule has 0 unspecified atom stereocenters. The molecule has 5 nitrogen and oxygen atoms in total. The van der Waals surface area contributed by atoms with E-state index in [1.807, 2.05) is 38.1 Å². The van der Waals surface area contributed by atoms with Crippen molar-refractivity contribution in [1.29, 1.82) is 0 Å². The SMILES string of the molecule is Cc1ccc(C2=NO[C@@H](CN(Cc3cccc(Cl)c3)C[C@H](O)COC(C)C)C2)cc1. The van der Waals surface area contributed by atoms with Crippen LogP contribution >= 0.6 is 11.6 Å². The van der Waals surface area contributed by atoms with Crippen molar-refractivity contribution >= 4 is 17.3 Å². The van der Waals surface area contributed by atoms with Crippen LogP contribution in [0, 0.1) is 6.92 Å². The lowest BCUT2D eigenvalue weighted by Gasteiger charge is -2.27. The number of hydrogen-bond donors (Lipinski definition) is 1. The summed E-state index contributed by atoms with van der Waals surface area (Å²) in [5.41, 5.74) is 4.37. The van der Waals surface area contributed by atoms with Crippen LogP contribution in [0.2, 0.25) is 5.02 Å². The van der Waals surface area contributed by atoms with E-state index in [2.05, 4.69) is 41.2 Å². The first-order valence-corrected chi connectivity index (χ1v) is 10.8. The zero-order valence-electron chi connectivity index (χ0n) is 17.9. The highest BCUT2D eigenvalue weighted by molar-refractivity contribution is 6.30. The van der Waals surface area contributed by atoms with Gasteiger partial charge in [0.25, 0.3) is 0 Å². The van der Waals surface area contributed by atoms with E-state index >= 15 is 0 Å². The molecule has 3 rings (SSSR count). The molecule has 1 N–H and O–H groups in total. The molecule has 2 aromatic carbocycles. The van der Waals surface area contributed by atoms with Crippen LogP contribution in [0.25, 0.3) is 0 Å². The molecular formula is C24H31ClN2O3. The van der Waals surface area contributed by atoms with Gasteiger partial charge in [0.15, 0.2) is 0 Å². The lowest BCUT2D eigenvalue weighted by molar-refractivity contribution is -0.0194. The molecule has 6 heteroatoms. The summed E-state index contributed by atoms with van der Waals surface area (Å²) in [4.78, 5) is 7.91. The van der Waals surface area contributed by atoms with Gasteiger partial charge in [-0.25, -0.2) is 0 Å². The Bertz CT molecular complexity index is 839. The molecule has 30 heavy (non-hydrogen) atoms. The fourth-order valence-electron chi connectivity index (χ4n) is 3.48. The fraction of sp³-hybridized carbons (Fsp3) is 0.458. The predicted octanol–water partition coefficient (Wildman–Crippen LogP) is 4.43. The fourth-order valence-corrected chi connectivity index (χ4v) is 3.70. The molecule has 1 heterocycles. The second kappa shape index (κ2) is 10.9. The van der Waals surface area contributed by atoms with Crippen molar-refractivity contribution in [2.75, 3.05) is 19.7 Å². The Morgan fingerprint density at radius 3 is 2.70 bits per heavy atom. The summed E-state index contributed by atoms with van der Waals surface area (Å²) in [7, 11) is 0. The molecule has 1 aliphatic heterocycles. The number of benzene rings is 2. The number of aliphatic hydroxyl groups excluding tert-OH is 1. The lowest BCUT2D eigenvalue weighted by atomic mass is 10.0. The maximum Gasteiger partial charge on any atom is 0.145 e. The summed E-state index contributed by atoms with van der Waals surface area (Å²) in [6.45, 7) is 8.11. The van der Waals surface area contributed by atoms with Crippen molar-refractivity contribution in [1.82, 2.24) is 4.90 Å². The summed E-state index contributed by atoms with van der Waals surface area (Å²) in [5, 5.41) is 15.5. The second-order valence-electron chi connectivity index (χ2n) is 8.20. The monoisotopic (exact) mass is 430 g/mol. The van der Waals surface area contributed by atoms with Crippen molar-refractivity contribution in [2.45, 2.75) is 52.0 Å². The summed E-state index contributed by atoms with van der Waals surface area (Å²) < 4.78 is 5.58. The van der Waals surface area contributed by atoms with Crippen LogP contribution in [-0.4, -0.2) is 53.7 Å². The summed E-state index contributed by atoms with van der Waals surface area (Å²) in [5.74, 6) is 0. The molecule has 1 aliphatic rings. The molecule has 0 bridgehead atoms. The molecule has 0 fully saturated rings. The molecule has 0 spiro atoms. The molecule has 162 valence electrons. The Kier molecular flexibility index (Phi) is 8.28.